The molecule has 0 radical (unpaired) electrons. The number of nitrogens with two attached hydrogens (primary N) is 1. The van der Waals surface area contributed by atoms with Crippen molar-refractivity contribution in [2.24, 2.45) is 0 Å². The van der Waals surface area contributed by atoms with E-state index in [4.69, 9.17) is 10.5 Å². The fraction of sp³-hybridized carbons (Fsp3) is 0.467. The Kier molecular flexibility index (Phi) is 3.01. The van der Waals surface area contributed by atoms with Crippen LogP contribution in [-0.2, 0) is 0 Å². The van der Waals surface area contributed by atoms with Crippen LogP contribution in [0.1, 0.15) is 42.7 Å². The van der Waals surface area contributed by atoms with Crippen molar-refractivity contribution in [2.75, 3.05) is 12.8 Å². The number of ether oxygens (including phenoxy) is 1. The van der Waals surface area contributed by atoms with Crippen molar-refractivity contribution in [1.29, 1.82) is 0 Å². The van der Waals surface area contributed by atoms with Gasteiger partial charge < -0.3 is 10.5 Å². The smallest absolute Gasteiger partial charge is 0.220 e. The van der Waals surface area contributed by atoms with Gasteiger partial charge in [0.15, 0.2) is 0 Å². The Balaban J connectivity index is 2.31. The van der Waals surface area contributed by atoms with Gasteiger partial charge in [-0.3, -0.25) is 0 Å². The molecule has 1 aromatic heterocycles. The molecule has 0 atom stereocenters. The number of rotatable bonds is 2. The van der Waals surface area contributed by atoms with Crippen LogP contribution in [0.5, 0.6) is 5.75 Å². The molecule has 100 valence electrons. The van der Waals surface area contributed by atoms with Crippen molar-refractivity contribution in [3.05, 3.63) is 23.4 Å². The lowest BCUT2D eigenvalue weighted by molar-refractivity contribution is 0.406. The van der Waals surface area contributed by atoms with Crippen LogP contribution in [-0.4, -0.2) is 17.1 Å². The maximum absolute atomic E-state index is 5.77. The quantitative estimate of drug-likeness (QED) is 0.897. The van der Waals surface area contributed by atoms with Crippen LogP contribution in [0, 0.1) is 6.92 Å². The highest BCUT2D eigenvalue weighted by Crippen LogP contribution is 2.42. The number of aromatic nitrogens is 2. The average molecular weight is 257 g/mol. The molecule has 19 heavy (non-hydrogen) atoms. The molecule has 0 aliphatic heterocycles. The fourth-order valence-corrected chi connectivity index (χ4v) is 3.14. The molecule has 0 saturated heterocycles. The van der Waals surface area contributed by atoms with Crippen molar-refractivity contribution in [3.63, 3.8) is 0 Å². The topological polar surface area (TPSA) is 61.0 Å². The minimum Gasteiger partial charge on any atom is -0.496 e. The molecule has 4 heteroatoms. The molecule has 0 amide bonds. The van der Waals surface area contributed by atoms with Gasteiger partial charge in [-0.15, -0.1) is 0 Å². The molecular weight excluding hydrogens is 238 g/mol. The summed E-state index contributed by atoms with van der Waals surface area (Å²) in [5.41, 5.74) is 9.09. The van der Waals surface area contributed by atoms with E-state index >= 15 is 0 Å². The van der Waals surface area contributed by atoms with Crippen LogP contribution in [0.25, 0.3) is 10.9 Å². The summed E-state index contributed by atoms with van der Waals surface area (Å²) in [5, 5.41) is 1.08. The first-order chi connectivity index (χ1) is 9.20. The predicted molar refractivity (Wildman–Crippen MR) is 76.4 cm³/mol. The summed E-state index contributed by atoms with van der Waals surface area (Å²) in [6, 6.07) is 2.09. The molecule has 1 aliphatic rings. The van der Waals surface area contributed by atoms with Gasteiger partial charge in [0.05, 0.1) is 12.6 Å². The van der Waals surface area contributed by atoms with Crippen molar-refractivity contribution in [2.45, 2.75) is 38.5 Å². The number of nitrogen functional groups attached to an aromatic ring is 1. The lowest BCUT2D eigenvalue weighted by Gasteiger charge is -2.18. The second-order valence-electron chi connectivity index (χ2n) is 5.28. The number of benzene rings is 1. The molecular formula is C15H19N3O. The first-order valence-corrected chi connectivity index (χ1v) is 6.80. The van der Waals surface area contributed by atoms with Gasteiger partial charge in [0.25, 0.3) is 0 Å². The third-order valence-electron chi connectivity index (χ3n) is 4.08. The van der Waals surface area contributed by atoms with Crippen molar-refractivity contribution in [3.8, 4) is 5.75 Å². The van der Waals surface area contributed by atoms with Crippen LogP contribution in [0.4, 0.5) is 5.95 Å². The normalized spacial score (nSPS) is 16.1. The molecule has 4 nitrogen and oxygen atoms in total. The summed E-state index contributed by atoms with van der Waals surface area (Å²) in [6.07, 6.45) is 6.80. The van der Waals surface area contributed by atoms with Crippen LogP contribution in [0.2, 0.25) is 0 Å². The maximum Gasteiger partial charge on any atom is 0.220 e. The summed E-state index contributed by atoms with van der Waals surface area (Å²) in [7, 11) is 1.73. The average Bonchev–Trinajstić information content (AvgIpc) is 2.91. The summed E-state index contributed by atoms with van der Waals surface area (Å²) in [4.78, 5) is 8.59. The van der Waals surface area contributed by atoms with Gasteiger partial charge in [-0.25, -0.2) is 9.97 Å². The van der Waals surface area contributed by atoms with Crippen LogP contribution in [0.15, 0.2) is 12.3 Å². The van der Waals surface area contributed by atoms with Crippen LogP contribution >= 0.6 is 0 Å². The third-order valence-corrected chi connectivity index (χ3v) is 4.08. The zero-order valence-corrected chi connectivity index (χ0v) is 11.4. The van der Waals surface area contributed by atoms with E-state index in [1.54, 1.807) is 7.11 Å². The maximum atomic E-state index is 5.77. The van der Waals surface area contributed by atoms with Crippen LogP contribution < -0.4 is 10.5 Å². The number of nitrogens with zero attached hydrogens (tertiary/aromatic N) is 2. The number of fused-ring (bicyclic) bond motifs is 1. The molecule has 1 aromatic carbocycles. The largest absolute Gasteiger partial charge is 0.496 e. The summed E-state index contributed by atoms with van der Waals surface area (Å²) < 4.78 is 5.59. The van der Waals surface area contributed by atoms with Gasteiger partial charge in [0.2, 0.25) is 5.95 Å². The Morgan fingerprint density at radius 1 is 1.32 bits per heavy atom. The Morgan fingerprint density at radius 2 is 2.05 bits per heavy atom. The standard InChI is InChI=1S/C15H19N3O/c1-9-7-12(19-2)13(10-5-3-4-6-10)14-11(9)8-17-15(16)18-14/h7-8,10H,3-6H2,1-2H3,(H2,16,17,18). The van der Waals surface area contributed by atoms with E-state index in [0.717, 1.165) is 22.2 Å². The van der Waals surface area contributed by atoms with Gasteiger partial charge in [0, 0.05) is 17.1 Å². The molecule has 1 aliphatic carbocycles. The second kappa shape index (κ2) is 4.68. The Morgan fingerprint density at radius 3 is 2.74 bits per heavy atom. The van der Waals surface area contributed by atoms with Crippen molar-refractivity contribution in [1.82, 2.24) is 9.97 Å². The van der Waals surface area contributed by atoms with E-state index in [0.29, 0.717) is 11.9 Å². The van der Waals surface area contributed by atoms with E-state index in [1.165, 1.54) is 31.2 Å². The fourth-order valence-electron chi connectivity index (χ4n) is 3.14. The van der Waals surface area contributed by atoms with E-state index in [2.05, 4.69) is 23.0 Å². The van der Waals surface area contributed by atoms with E-state index < -0.39 is 0 Å². The number of hydrogen-bond donors (Lipinski definition) is 1. The van der Waals surface area contributed by atoms with E-state index in [1.807, 2.05) is 6.20 Å². The van der Waals surface area contributed by atoms with E-state index in [9.17, 15) is 0 Å². The highest BCUT2D eigenvalue weighted by molar-refractivity contribution is 5.88. The third kappa shape index (κ3) is 2.01. The highest BCUT2D eigenvalue weighted by Gasteiger charge is 2.24. The zero-order chi connectivity index (χ0) is 13.4. The summed E-state index contributed by atoms with van der Waals surface area (Å²) in [5.74, 6) is 1.81. The first kappa shape index (κ1) is 12.2. The number of hydrogen-bond acceptors (Lipinski definition) is 4. The summed E-state index contributed by atoms with van der Waals surface area (Å²) in [6.45, 7) is 2.06. The molecule has 2 aromatic rings. The Bertz CT molecular complexity index is 618. The summed E-state index contributed by atoms with van der Waals surface area (Å²) >= 11 is 0. The number of methoxy groups -OCH3 is 1. The molecule has 1 heterocycles. The number of anilines is 1. The Hall–Kier alpha value is -1.84. The lowest BCUT2D eigenvalue weighted by atomic mass is 9.92. The molecule has 3 rings (SSSR count). The SMILES string of the molecule is COc1cc(C)c2cnc(N)nc2c1C1CCCC1. The van der Waals surface area contributed by atoms with Gasteiger partial charge >= 0.3 is 0 Å². The molecule has 0 unspecified atom stereocenters. The van der Waals surface area contributed by atoms with Gasteiger partial charge in [-0.2, -0.15) is 0 Å². The molecule has 1 fully saturated rings. The van der Waals surface area contributed by atoms with Gasteiger partial charge in [0.1, 0.15) is 5.75 Å². The first-order valence-electron chi connectivity index (χ1n) is 6.80. The molecule has 1 saturated carbocycles. The lowest BCUT2D eigenvalue weighted by Crippen LogP contribution is -2.03. The Labute approximate surface area is 113 Å². The second-order valence-corrected chi connectivity index (χ2v) is 5.28. The zero-order valence-electron chi connectivity index (χ0n) is 11.4. The molecule has 2 N–H and O–H groups in total. The number of aryl methyl sites for hydroxylation is 1. The van der Waals surface area contributed by atoms with E-state index in [-0.39, 0.29) is 0 Å². The highest BCUT2D eigenvalue weighted by atomic mass is 16.5. The van der Waals surface area contributed by atoms with Crippen LogP contribution in [0.3, 0.4) is 0 Å². The van der Waals surface area contributed by atoms with Gasteiger partial charge in [-0.05, 0) is 37.3 Å². The minimum absolute atomic E-state index is 0.333. The van der Waals surface area contributed by atoms with Crippen molar-refractivity contribution < 1.29 is 4.74 Å². The van der Waals surface area contributed by atoms with Gasteiger partial charge in [-0.1, -0.05) is 12.8 Å². The predicted octanol–water partition coefficient (Wildman–Crippen LogP) is 3.19. The monoisotopic (exact) mass is 257 g/mol. The minimum atomic E-state index is 0.333. The molecule has 0 bridgehead atoms. The molecule has 0 spiro atoms. The van der Waals surface area contributed by atoms with Crippen molar-refractivity contribution >= 4 is 16.9 Å².